The quantitative estimate of drug-likeness (QED) is 0.902. The van der Waals surface area contributed by atoms with E-state index in [1.54, 1.807) is 36.4 Å². The highest BCUT2D eigenvalue weighted by Crippen LogP contribution is 2.35. The number of benzene rings is 2. The molecule has 2 aromatic carbocycles. The molecule has 0 aromatic heterocycles. The van der Waals surface area contributed by atoms with Crippen LogP contribution in [-0.4, -0.2) is 45.9 Å². The van der Waals surface area contributed by atoms with Crippen LogP contribution in [0.2, 0.25) is 0 Å². The molecule has 1 atom stereocenters. The first kappa shape index (κ1) is 16.0. The van der Waals surface area contributed by atoms with Gasteiger partial charge in [-0.25, -0.2) is 8.42 Å². The normalized spacial score (nSPS) is 19.6. The second-order valence-corrected chi connectivity index (χ2v) is 8.10. The molecule has 1 unspecified atom stereocenters. The van der Waals surface area contributed by atoms with Crippen molar-refractivity contribution in [2.45, 2.75) is 10.3 Å². The van der Waals surface area contributed by atoms with Gasteiger partial charge in [0, 0.05) is 6.54 Å². The molecule has 6 nitrogen and oxygen atoms in total. The van der Waals surface area contributed by atoms with Crippen molar-refractivity contribution >= 4 is 21.4 Å². The second-order valence-electron chi connectivity index (χ2n) is 6.01. The van der Waals surface area contributed by atoms with E-state index in [0.717, 1.165) is 24.6 Å². The monoisotopic (exact) mass is 357 g/mol. The van der Waals surface area contributed by atoms with Crippen molar-refractivity contribution in [2.75, 3.05) is 31.1 Å². The van der Waals surface area contributed by atoms with Crippen molar-refractivity contribution in [2.24, 2.45) is 4.99 Å². The van der Waals surface area contributed by atoms with E-state index in [4.69, 9.17) is 4.74 Å². The summed E-state index contributed by atoms with van der Waals surface area (Å²) in [5.74, 6) is 1.46. The van der Waals surface area contributed by atoms with Crippen molar-refractivity contribution < 1.29 is 13.2 Å². The fourth-order valence-electron chi connectivity index (χ4n) is 3.08. The molecule has 2 aliphatic rings. The van der Waals surface area contributed by atoms with Gasteiger partial charge in [-0.2, -0.15) is 0 Å². The SMILES string of the molecule is O=S(=O)(c1ccccc1)C1CN(CC2=NCCN2)c2ccccc2O1. The molecule has 4 rings (SSSR count). The average Bonchev–Trinajstić information content (AvgIpc) is 3.15. The Morgan fingerprint density at radius 3 is 2.64 bits per heavy atom. The Bertz CT molecular complexity index is 897. The summed E-state index contributed by atoms with van der Waals surface area (Å²) in [5.41, 5.74) is -0.0646. The van der Waals surface area contributed by atoms with Crippen LogP contribution in [0.15, 0.2) is 64.5 Å². The number of amidine groups is 1. The van der Waals surface area contributed by atoms with E-state index >= 15 is 0 Å². The highest BCUT2D eigenvalue weighted by Gasteiger charge is 2.36. The fraction of sp³-hybridized carbons (Fsp3) is 0.278. The third-order valence-electron chi connectivity index (χ3n) is 4.34. The molecule has 130 valence electrons. The van der Waals surface area contributed by atoms with Crippen LogP contribution in [0.5, 0.6) is 5.75 Å². The van der Waals surface area contributed by atoms with Crippen LogP contribution in [0.4, 0.5) is 5.69 Å². The molecule has 25 heavy (non-hydrogen) atoms. The number of anilines is 1. The van der Waals surface area contributed by atoms with Crippen molar-refractivity contribution in [3.63, 3.8) is 0 Å². The van der Waals surface area contributed by atoms with Crippen molar-refractivity contribution in [1.29, 1.82) is 0 Å². The van der Waals surface area contributed by atoms with Gasteiger partial charge in [-0.05, 0) is 24.3 Å². The summed E-state index contributed by atoms with van der Waals surface area (Å²) in [5, 5.41) is 3.24. The van der Waals surface area contributed by atoms with Crippen LogP contribution < -0.4 is 15.0 Å². The van der Waals surface area contributed by atoms with Crippen molar-refractivity contribution in [3.05, 3.63) is 54.6 Å². The number of hydrogen-bond acceptors (Lipinski definition) is 6. The summed E-state index contributed by atoms with van der Waals surface area (Å²) in [6, 6.07) is 16.0. The van der Waals surface area contributed by atoms with Crippen LogP contribution in [-0.2, 0) is 9.84 Å². The Morgan fingerprint density at radius 2 is 1.88 bits per heavy atom. The Kier molecular flexibility index (Phi) is 4.09. The second kappa shape index (κ2) is 6.40. The zero-order valence-corrected chi connectivity index (χ0v) is 14.4. The van der Waals surface area contributed by atoms with Gasteiger partial charge in [0.25, 0.3) is 0 Å². The number of nitrogens with one attached hydrogen (secondary N) is 1. The molecule has 0 saturated carbocycles. The summed E-state index contributed by atoms with van der Waals surface area (Å²) >= 11 is 0. The van der Waals surface area contributed by atoms with E-state index in [2.05, 4.69) is 10.3 Å². The minimum atomic E-state index is -3.60. The molecule has 0 fully saturated rings. The van der Waals surface area contributed by atoms with Crippen LogP contribution in [0.1, 0.15) is 0 Å². The first-order chi connectivity index (χ1) is 12.1. The number of aliphatic imine (C=N–C) groups is 1. The highest BCUT2D eigenvalue weighted by molar-refractivity contribution is 7.92. The molecule has 0 spiro atoms. The third-order valence-corrected chi connectivity index (χ3v) is 6.20. The maximum Gasteiger partial charge on any atom is 0.220 e. The van der Waals surface area contributed by atoms with Gasteiger partial charge in [0.15, 0.2) is 0 Å². The predicted molar refractivity (Wildman–Crippen MR) is 97.0 cm³/mol. The van der Waals surface area contributed by atoms with Gasteiger partial charge < -0.3 is 15.0 Å². The molecule has 1 N–H and O–H groups in total. The lowest BCUT2D eigenvalue weighted by molar-refractivity contribution is 0.263. The molecule has 7 heteroatoms. The molecule has 0 bridgehead atoms. The molecule has 2 heterocycles. The lowest BCUT2D eigenvalue weighted by Gasteiger charge is -2.35. The molecular formula is C18H19N3O3S. The fourth-order valence-corrected chi connectivity index (χ4v) is 4.53. The molecular weight excluding hydrogens is 338 g/mol. The number of para-hydroxylation sites is 2. The van der Waals surface area contributed by atoms with E-state index in [0.29, 0.717) is 12.3 Å². The largest absolute Gasteiger partial charge is 0.470 e. The summed E-state index contributed by atoms with van der Waals surface area (Å²) in [6.45, 7) is 2.39. The lowest BCUT2D eigenvalue weighted by Crippen LogP contribution is -2.47. The van der Waals surface area contributed by atoms with Crippen LogP contribution in [0, 0.1) is 0 Å². The number of nitrogens with zero attached hydrogens (tertiary/aromatic N) is 2. The highest BCUT2D eigenvalue weighted by atomic mass is 32.2. The summed E-state index contributed by atoms with van der Waals surface area (Å²) in [7, 11) is -3.60. The van der Waals surface area contributed by atoms with Crippen LogP contribution in [0.3, 0.4) is 0 Å². The molecule has 0 radical (unpaired) electrons. The minimum absolute atomic E-state index is 0.259. The van der Waals surface area contributed by atoms with E-state index in [1.807, 2.05) is 23.1 Å². The molecule has 2 aromatic rings. The minimum Gasteiger partial charge on any atom is -0.470 e. The van der Waals surface area contributed by atoms with E-state index in [9.17, 15) is 8.42 Å². The molecule has 0 saturated heterocycles. The van der Waals surface area contributed by atoms with Gasteiger partial charge in [-0.1, -0.05) is 30.3 Å². The predicted octanol–water partition coefficient (Wildman–Crippen LogP) is 1.69. The standard InChI is InChI=1S/C18H19N3O3S/c22-25(23,14-6-2-1-3-7-14)18-13-21(12-17-19-10-11-20-17)15-8-4-5-9-16(15)24-18/h1-9,18H,10-13H2,(H,19,20). The molecule has 0 aliphatic carbocycles. The summed E-state index contributed by atoms with van der Waals surface area (Å²) < 4.78 is 31.8. The number of hydrogen-bond donors (Lipinski definition) is 1. The van der Waals surface area contributed by atoms with Gasteiger partial charge in [-0.3, -0.25) is 4.99 Å². The number of ether oxygens (including phenoxy) is 1. The van der Waals surface area contributed by atoms with Gasteiger partial charge >= 0.3 is 0 Å². The average molecular weight is 357 g/mol. The van der Waals surface area contributed by atoms with Gasteiger partial charge in [0.1, 0.15) is 11.6 Å². The van der Waals surface area contributed by atoms with Crippen LogP contribution >= 0.6 is 0 Å². The first-order valence-corrected chi connectivity index (χ1v) is 9.76. The zero-order chi connectivity index (χ0) is 17.3. The van der Waals surface area contributed by atoms with Gasteiger partial charge in [-0.15, -0.1) is 0 Å². The Hall–Kier alpha value is -2.54. The summed E-state index contributed by atoms with van der Waals surface area (Å²) in [6.07, 6.45) is 0. The molecule has 2 aliphatic heterocycles. The third kappa shape index (κ3) is 3.07. The summed E-state index contributed by atoms with van der Waals surface area (Å²) in [4.78, 5) is 6.71. The van der Waals surface area contributed by atoms with Crippen molar-refractivity contribution in [3.8, 4) is 5.75 Å². The zero-order valence-electron chi connectivity index (χ0n) is 13.6. The van der Waals surface area contributed by atoms with E-state index in [1.165, 1.54) is 0 Å². The first-order valence-electron chi connectivity index (χ1n) is 8.21. The molecule has 0 amide bonds. The number of sulfone groups is 1. The van der Waals surface area contributed by atoms with Gasteiger partial charge in [0.05, 0.1) is 30.2 Å². The van der Waals surface area contributed by atoms with E-state index < -0.39 is 15.3 Å². The Labute approximate surface area is 147 Å². The Balaban J connectivity index is 1.67. The smallest absolute Gasteiger partial charge is 0.220 e. The number of fused-ring (bicyclic) bond motifs is 1. The topological polar surface area (TPSA) is 71.0 Å². The van der Waals surface area contributed by atoms with Gasteiger partial charge in [0.2, 0.25) is 15.3 Å². The maximum atomic E-state index is 13.0. The number of rotatable bonds is 4. The van der Waals surface area contributed by atoms with Crippen LogP contribution in [0.25, 0.3) is 0 Å². The van der Waals surface area contributed by atoms with E-state index in [-0.39, 0.29) is 11.4 Å². The van der Waals surface area contributed by atoms with Crippen molar-refractivity contribution in [1.82, 2.24) is 5.32 Å². The lowest BCUT2D eigenvalue weighted by atomic mass is 10.2. The maximum absolute atomic E-state index is 13.0. The Morgan fingerprint density at radius 1 is 1.12 bits per heavy atom.